The van der Waals surface area contributed by atoms with Crippen LogP contribution in [0.5, 0.6) is 0 Å². The number of nitrogens with two attached hydrogens (primary N) is 2. The summed E-state index contributed by atoms with van der Waals surface area (Å²) in [4.78, 5) is 21.5. The van der Waals surface area contributed by atoms with Gasteiger partial charge in [0.25, 0.3) is 0 Å². The van der Waals surface area contributed by atoms with Crippen LogP contribution in [-0.4, -0.2) is 35.0 Å². The van der Waals surface area contributed by atoms with Crippen LogP contribution in [0.25, 0.3) is 10.6 Å². The monoisotopic (exact) mass is 472 g/mol. The number of nitrogens with zero attached hydrogens (tertiary/aromatic N) is 2. The van der Waals surface area contributed by atoms with E-state index in [1.807, 2.05) is 6.07 Å². The first-order valence-corrected chi connectivity index (χ1v) is 11.6. The average Bonchev–Trinajstić information content (AvgIpc) is 3.15. The second-order valence-corrected chi connectivity index (χ2v) is 9.54. The number of benzene rings is 1. The van der Waals surface area contributed by atoms with E-state index in [0.717, 1.165) is 47.4 Å². The van der Waals surface area contributed by atoms with Crippen molar-refractivity contribution in [3.8, 4) is 10.6 Å². The Bertz CT molecular complexity index is 1140. The molecule has 1 aliphatic carbocycles. The van der Waals surface area contributed by atoms with Gasteiger partial charge >= 0.3 is 0 Å². The molecule has 0 bridgehead atoms. The Morgan fingerprint density at radius 1 is 1.24 bits per heavy atom. The SMILES string of the molecule is CO[C@@H]1[C@H](N)C[C@H](c2ccncc2CC(=O)c2nc(-c3c(F)cccc3F)sc2N)C[C@@H]1C. The molecular weight excluding hydrogens is 446 g/mol. The number of hydrogen-bond acceptors (Lipinski definition) is 7. The lowest BCUT2D eigenvalue weighted by Gasteiger charge is -2.38. The third-order valence-electron chi connectivity index (χ3n) is 6.29. The number of pyridine rings is 1. The number of carbonyl (C=O) groups is 1. The molecule has 1 saturated carbocycles. The van der Waals surface area contributed by atoms with Crippen molar-refractivity contribution in [3.05, 3.63) is 65.1 Å². The largest absolute Gasteiger partial charge is 0.389 e. The van der Waals surface area contributed by atoms with E-state index in [-0.39, 0.29) is 57.5 Å². The van der Waals surface area contributed by atoms with Crippen LogP contribution in [0.15, 0.2) is 36.7 Å². The topological polar surface area (TPSA) is 104 Å². The van der Waals surface area contributed by atoms with E-state index in [2.05, 4.69) is 16.9 Å². The number of aromatic nitrogens is 2. The van der Waals surface area contributed by atoms with Crippen LogP contribution >= 0.6 is 11.3 Å². The zero-order valence-electron chi connectivity index (χ0n) is 18.4. The molecule has 0 aliphatic heterocycles. The van der Waals surface area contributed by atoms with Gasteiger partial charge in [-0.05, 0) is 54.0 Å². The van der Waals surface area contributed by atoms with E-state index < -0.39 is 11.6 Å². The fourth-order valence-corrected chi connectivity index (χ4v) is 5.70. The van der Waals surface area contributed by atoms with Gasteiger partial charge in [0.1, 0.15) is 27.3 Å². The van der Waals surface area contributed by atoms with Crippen molar-refractivity contribution in [2.24, 2.45) is 11.7 Å². The Balaban J connectivity index is 1.59. The molecule has 3 aromatic rings. The van der Waals surface area contributed by atoms with E-state index in [1.165, 1.54) is 6.07 Å². The molecular formula is C24H26F2N4O2S. The van der Waals surface area contributed by atoms with Gasteiger partial charge in [-0.2, -0.15) is 0 Å². The van der Waals surface area contributed by atoms with E-state index in [0.29, 0.717) is 0 Å². The van der Waals surface area contributed by atoms with Crippen molar-refractivity contribution in [1.82, 2.24) is 9.97 Å². The van der Waals surface area contributed by atoms with Gasteiger partial charge in [0.15, 0.2) is 5.78 Å². The number of methoxy groups -OCH3 is 1. The maximum atomic E-state index is 14.2. The third kappa shape index (κ3) is 4.66. The minimum Gasteiger partial charge on any atom is -0.389 e. The fourth-order valence-electron chi connectivity index (χ4n) is 4.81. The molecule has 4 rings (SSSR count). The number of ether oxygens (including phenoxy) is 1. The Hall–Kier alpha value is -2.75. The molecule has 4 N–H and O–H groups in total. The first-order valence-electron chi connectivity index (χ1n) is 10.7. The fraction of sp³-hybridized carbons (Fsp3) is 0.375. The Kier molecular flexibility index (Phi) is 6.83. The second kappa shape index (κ2) is 9.62. The predicted octanol–water partition coefficient (Wildman–Crippen LogP) is 4.35. The van der Waals surface area contributed by atoms with Crippen molar-refractivity contribution >= 4 is 22.1 Å². The van der Waals surface area contributed by atoms with Crippen LogP contribution in [-0.2, 0) is 11.2 Å². The second-order valence-electron chi connectivity index (χ2n) is 8.51. The highest BCUT2D eigenvalue weighted by Crippen LogP contribution is 2.39. The number of halogens is 2. The summed E-state index contributed by atoms with van der Waals surface area (Å²) < 4.78 is 33.9. The van der Waals surface area contributed by atoms with Crippen LogP contribution in [0, 0.1) is 17.6 Å². The summed E-state index contributed by atoms with van der Waals surface area (Å²) in [5.41, 5.74) is 13.9. The molecule has 1 aromatic carbocycles. The van der Waals surface area contributed by atoms with Gasteiger partial charge in [-0.15, -0.1) is 0 Å². The number of ketones is 1. The Morgan fingerprint density at radius 3 is 2.64 bits per heavy atom. The van der Waals surface area contributed by atoms with Gasteiger partial charge in [-0.25, -0.2) is 13.8 Å². The van der Waals surface area contributed by atoms with Crippen LogP contribution in [0.1, 0.15) is 47.3 Å². The molecule has 6 nitrogen and oxygen atoms in total. The van der Waals surface area contributed by atoms with Crippen molar-refractivity contribution in [2.45, 2.75) is 44.2 Å². The minimum atomic E-state index is -0.755. The summed E-state index contributed by atoms with van der Waals surface area (Å²) in [6, 6.07) is 5.37. The summed E-state index contributed by atoms with van der Waals surface area (Å²) in [6.07, 6.45) is 5.03. The number of carbonyl (C=O) groups excluding carboxylic acids is 1. The van der Waals surface area contributed by atoms with Gasteiger partial charge in [-0.1, -0.05) is 24.3 Å². The number of nitrogen functional groups attached to an aromatic ring is 1. The van der Waals surface area contributed by atoms with E-state index in [1.54, 1.807) is 19.5 Å². The van der Waals surface area contributed by atoms with Crippen LogP contribution in [0.4, 0.5) is 13.8 Å². The normalized spacial score (nSPS) is 22.9. The Morgan fingerprint density at radius 2 is 1.97 bits per heavy atom. The number of anilines is 1. The number of rotatable bonds is 6. The number of Topliss-reactive ketones (excluding diaryl/α,β-unsaturated/α-hetero) is 1. The first-order chi connectivity index (χ1) is 15.8. The molecule has 2 heterocycles. The maximum absolute atomic E-state index is 14.2. The summed E-state index contributed by atoms with van der Waals surface area (Å²) in [5.74, 6) is -1.40. The van der Waals surface area contributed by atoms with Crippen LogP contribution < -0.4 is 11.5 Å². The van der Waals surface area contributed by atoms with E-state index >= 15 is 0 Å². The van der Waals surface area contributed by atoms with Gasteiger partial charge in [0.05, 0.1) is 11.7 Å². The van der Waals surface area contributed by atoms with Gasteiger partial charge in [0, 0.05) is 32.0 Å². The molecule has 0 amide bonds. The third-order valence-corrected chi connectivity index (χ3v) is 7.20. The first kappa shape index (κ1) is 23.4. The smallest absolute Gasteiger partial charge is 0.188 e. The lowest BCUT2D eigenvalue weighted by molar-refractivity contribution is 0.00970. The van der Waals surface area contributed by atoms with Gasteiger partial charge < -0.3 is 16.2 Å². The molecule has 33 heavy (non-hydrogen) atoms. The van der Waals surface area contributed by atoms with Gasteiger partial charge in [0.2, 0.25) is 0 Å². The maximum Gasteiger partial charge on any atom is 0.188 e. The molecule has 0 saturated heterocycles. The highest BCUT2D eigenvalue weighted by Gasteiger charge is 2.35. The highest BCUT2D eigenvalue weighted by atomic mass is 32.1. The molecule has 0 spiro atoms. The summed E-state index contributed by atoms with van der Waals surface area (Å²) in [6.45, 7) is 2.12. The number of thiazole rings is 1. The quantitative estimate of drug-likeness (QED) is 0.517. The minimum absolute atomic E-state index is 0.000160. The zero-order valence-corrected chi connectivity index (χ0v) is 19.2. The Labute approximate surface area is 195 Å². The van der Waals surface area contributed by atoms with Crippen molar-refractivity contribution in [1.29, 1.82) is 0 Å². The van der Waals surface area contributed by atoms with Crippen LogP contribution in [0.2, 0.25) is 0 Å². The lowest BCUT2D eigenvalue weighted by atomic mass is 9.73. The summed E-state index contributed by atoms with van der Waals surface area (Å²) in [7, 11) is 1.68. The van der Waals surface area contributed by atoms with E-state index in [4.69, 9.17) is 16.2 Å². The molecule has 174 valence electrons. The predicted molar refractivity (Wildman–Crippen MR) is 124 cm³/mol. The van der Waals surface area contributed by atoms with Gasteiger partial charge in [-0.3, -0.25) is 9.78 Å². The molecule has 0 unspecified atom stereocenters. The van der Waals surface area contributed by atoms with Crippen LogP contribution in [0.3, 0.4) is 0 Å². The average molecular weight is 473 g/mol. The van der Waals surface area contributed by atoms with Crippen molar-refractivity contribution in [3.63, 3.8) is 0 Å². The number of hydrogen-bond donors (Lipinski definition) is 2. The highest BCUT2D eigenvalue weighted by molar-refractivity contribution is 7.19. The summed E-state index contributed by atoms with van der Waals surface area (Å²) >= 11 is 0.890. The molecule has 1 fully saturated rings. The standard InChI is InChI=1S/C24H26F2N4O2S/c1-12-8-13(9-18(27)22(12)32-2)15-6-7-29-11-14(15)10-19(31)21-23(28)33-24(30-21)20-16(25)4-3-5-17(20)26/h3-7,11-13,18,22H,8-10,27-28H2,1-2H3/t12-,13+,18+,22-/m0/s1. The van der Waals surface area contributed by atoms with Crippen molar-refractivity contribution < 1.29 is 18.3 Å². The molecule has 0 radical (unpaired) electrons. The van der Waals surface area contributed by atoms with Crippen molar-refractivity contribution in [2.75, 3.05) is 12.8 Å². The summed E-state index contributed by atoms with van der Waals surface area (Å²) in [5, 5.41) is 0.162. The molecule has 1 aliphatic rings. The molecule has 9 heteroatoms. The molecule has 2 aromatic heterocycles. The lowest BCUT2D eigenvalue weighted by Crippen LogP contribution is -2.45. The zero-order chi connectivity index (χ0) is 23.7. The molecule has 4 atom stereocenters. The van der Waals surface area contributed by atoms with E-state index in [9.17, 15) is 13.6 Å².